The van der Waals surface area contributed by atoms with Gasteiger partial charge in [-0.3, -0.25) is 0 Å². The van der Waals surface area contributed by atoms with Crippen molar-refractivity contribution in [2.45, 2.75) is 89.6 Å². The summed E-state index contributed by atoms with van der Waals surface area (Å²) in [5, 5.41) is 7.62. The molecule has 0 radical (unpaired) electrons. The highest BCUT2D eigenvalue weighted by molar-refractivity contribution is 5.00. The Bertz CT molecular complexity index is 272. The largest absolute Gasteiger partial charge is 0.378 e. The zero-order chi connectivity index (χ0) is 13.4. The Morgan fingerprint density at radius 1 is 1.06 bits per heavy atom. The van der Waals surface area contributed by atoms with Gasteiger partial charge < -0.3 is 15.4 Å². The highest BCUT2D eigenvalue weighted by Gasteiger charge is 2.38. The molecule has 2 N–H and O–H groups in total. The second kappa shape index (κ2) is 5.10. The molecule has 18 heavy (non-hydrogen) atoms. The van der Waals surface area contributed by atoms with Gasteiger partial charge in [-0.1, -0.05) is 0 Å². The Balaban J connectivity index is 1.92. The van der Waals surface area contributed by atoms with Crippen LogP contribution >= 0.6 is 0 Å². The van der Waals surface area contributed by atoms with Gasteiger partial charge in [0.1, 0.15) is 0 Å². The first-order valence-corrected chi connectivity index (χ1v) is 7.43. The van der Waals surface area contributed by atoms with Crippen LogP contribution in [-0.4, -0.2) is 35.9 Å². The third kappa shape index (κ3) is 3.94. The Labute approximate surface area is 112 Å². The molecule has 3 nitrogen and oxygen atoms in total. The summed E-state index contributed by atoms with van der Waals surface area (Å²) in [6.45, 7) is 12.4. The van der Waals surface area contributed by atoms with Crippen LogP contribution in [0.25, 0.3) is 0 Å². The summed E-state index contributed by atoms with van der Waals surface area (Å²) in [5.41, 5.74) is 0.465. The fraction of sp³-hybridized carbons (Fsp3) is 1.00. The molecule has 0 spiro atoms. The number of hydrogen-bond acceptors (Lipinski definition) is 3. The van der Waals surface area contributed by atoms with Crippen molar-refractivity contribution in [2.75, 3.05) is 6.61 Å². The van der Waals surface area contributed by atoms with Gasteiger partial charge in [0.05, 0.1) is 6.10 Å². The zero-order valence-corrected chi connectivity index (χ0v) is 12.7. The number of rotatable bonds is 2. The molecule has 0 aliphatic carbocycles. The van der Waals surface area contributed by atoms with Crippen molar-refractivity contribution in [2.24, 2.45) is 0 Å². The van der Waals surface area contributed by atoms with Crippen molar-refractivity contribution < 1.29 is 4.74 Å². The van der Waals surface area contributed by atoms with Crippen LogP contribution in [0.1, 0.15) is 60.3 Å². The van der Waals surface area contributed by atoms with Gasteiger partial charge >= 0.3 is 0 Å². The minimum Gasteiger partial charge on any atom is -0.378 e. The fourth-order valence-corrected chi connectivity index (χ4v) is 3.92. The second-order valence-corrected chi connectivity index (χ2v) is 7.57. The lowest BCUT2D eigenvalue weighted by Crippen LogP contribution is -2.62. The summed E-state index contributed by atoms with van der Waals surface area (Å²) in [6, 6.07) is 1.27. The summed E-state index contributed by atoms with van der Waals surface area (Å²) in [7, 11) is 0. The van der Waals surface area contributed by atoms with E-state index in [0.29, 0.717) is 18.2 Å². The highest BCUT2D eigenvalue weighted by atomic mass is 16.5. The third-order valence-corrected chi connectivity index (χ3v) is 4.15. The normalized spacial score (nSPS) is 36.5. The number of nitrogens with one attached hydrogen (secondary N) is 2. The topological polar surface area (TPSA) is 33.3 Å². The van der Waals surface area contributed by atoms with Crippen LogP contribution in [0.15, 0.2) is 0 Å². The van der Waals surface area contributed by atoms with E-state index in [0.717, 1.165) is 19.4 Å². The maximum Gasteiger partial charge on any atom is 0.0561 e. The summed E-state index contributed by atoms with van der Waals surface area (Å²) in [6.07, 6.45) is 5.16. The van der Waals surface area contributed by atoms with Crippen molar-refractivity contribution in [3.63, 3.8) is 0 Å². The first-order valence-electron chi connectivity index (χ1n) is 7.43. The molecule has 0 amide bonds. The van der Waals surface area contributed by atoms with Crippen LogP contribution < -0.4 is 10.6 Å². The molecule has 3 heteroatoms. The van der Waals surface area contributed by atoms with Crippen molar-refractivity contribution in [1.82, 2.24) is 10.6 Å². The Morgan fingerprint density at radius 2 is 1.67 bits per heavy atom. The minimum absolute atomic E-state index is 0.232. The van der Waals surface area contributed by atoms with E-state index in [1.807, 2.05) is 0 Å². The molecule has 0 aromatic carbocycles. The number of piperidine rings is 1. The van der Waals surface area contributed by atoms with Gasteiger partial charge in [-0.25, -0.2) is 0 Å². The maximum atomic E-state index is 5.63. The van der Waals surface area contributed by atoms with E-state index in [-0.39, 0.29) is 11.1 Å². The smallest absolute Gasteiger partial charge is 0.0561 e. The number of hydrogen-bond donors (Lipinski definition) is 2. The average molecular weight is 254 g/mol. The van der Waals surface area contributed by atoms with Crippen LogP contribution in [0.3, 0.4) is 0 Å². The minimum atomic E-state index is 0.232. The van der Waals surface area contributed by atoms with Crippen molar-refractivity contribution >= 4 is 0 Å². The van der Waals surface area contributed by atoms with E-state index in [4.69, 9.17) is 4.74 Å². The number of ether oxygens (including phenoxy) is 1. The lowest BCUT2D eigenvalue weighted by Gasteiger charge is -2.48. The van der Waals surface area contributed by atoms with Crippen LogP contribution in [0, 0.1) is 0 Å². The Morgan fingerprint density at radius 3 is 2.22 bits per heavy atom. The molecule has 2 heterocycles. The van der Waals surface area contributed by atoms with Crippen LogP contribution in [0.2, 0.25) is 0 Å². The van der Waals surface area contributed by atoms with Gasteiger partial charge in [-0.2, -0.15) is 0 Å². The molecule has 0 bridgehead atoms. The molecule has 0 aromatic rings. The lowest BCUT2D eigenvalue weighted by molar-refractivity contribution is 0.00746. The van der Waals surface area contributed by atoms with Gasteiger partial charge in [0.2, 0.25) is 0 Å². The summed E-state index contributed by atoms with van der Waals surface area (Å²) >= 11 is 0. The highest BCUT2D eigenvalue weighted by Crippen LogP contribution is 2.29. The first-order chi connectivity index (χ1) is 8.26. The molecule has 0 aromatic heterocycles. The first kappa shape index (κ1) is 14.3. The second-order valence-electron chi connectivity index (χ2n) is 7.57. The Kier molecular flexibility index (Phi) is 4.05. The summed E-state index contributed by atoms with van der Waals surface area (Å²) in [4.78, 5) is 0. The van der Waals surface area contributed by atoms with Crippen molar-refractivity contribution in [3.05, 3.63) is 0 Å². The molecular formula is C15H30N2O. The van der Waals surface area contributed by atoms with Crippen LogP contribution in [-0.2, 0) is 4.74 Å². The Hall–Kier alpha value is -0.120. The molecule has 0 saturated carbocycles. The van der Waals surface area contributed by atoms with Crippen molar-refractivity contribution in [3.8, 4) is 0 Å². The van der Waals surface area contributed by atoms with Gasteiger partial charge in [-0.15, -0.1) is 0 Å². The molecule has 2 saturated heterocycles. The lowest BCUT2D eigenvalue weighted by atomic mass is 9.79. The van der Waals surface area contributed by atoms with Gasteiger partial charge in [-0.05, 0) is 60.3 Å². The average Bonchev–Trinajstić information content (AvgIpc) is 2.11. The predicted octanol–water partition coefficient (Wildman–Crippen LogP) is 2.45. The molecule has 106 valence electrons. The molecular weight excluding hydrogens is 224 g/mol. The zero-order valence-electron chi connectivity index (χ0n) is 12.7. The van der Waals surface area contributed by atoms with Crippen LogP contribution in [0.5, 0.6) is 0 Å². The molecule has 2 unspecified atom stereocenters. The predicted molar refractivity (Wildman–Crippen MR) is 75.9 cm³/mol. The van der Waals surface area contributed by atoms with E-state index in [1.165, 1.54) is 12.8 Å². The molecule has 2 rings (SSSR count). The quantitative estimate of drug-likeness (QED) is 0.794. The van der Waals surface area contributed by atoms with E-state index >= 15 is 0 Å². The van der Waals surface area contributed by atoms with E-state index < -0.39 is 0 Å². The van der Waals surface area contributed by atoms with E-state index in [1.54, 1.807) is 0 Å². The van der Waals surface area contributed by atoms with Crippen LogP contribution in [0.4, 0.5) is 0 Å². The maximum absolute atomic E-state index is 5.63. The standard InChI is InChI=1S/C15H30N2O/c1-11-8-12(6-7-18-11)16-13-9-14(2,3)17-15(4,5)10-13/h11-13,16-17H,6-10H2,1-5H3. The molecule has 2 aliphatic rings. The summed E-state index contributed by atoms with van der Waals surface area (Å²) in [5.74, 6) is 0. The van der Waals surface area contributed by atoms with Gasteiger partial charge in [0.15, 0.2) is 0 Å². The fourth-order valence-electron chi connectivity index (χ4n) is 3.92. The summed E-state index contributed by atoms with van der Waals surface area (Å²) < 4.78 is 5.63. The van der Waals surface area contributed by atoms with Gasteiger partial charge in [0.25, 0.3) is 0 Å². The molecule has 2 atom stereocenters. The van der Waals surface area contributed by atoms with Crippen molar-refractivity contribution in [1.29, 1.82) is 0 Å². The third-order valence-electron chi connectivity index (χ3n) is 4.15. The molecule has 2 aliphatic heterocycles. The molecule has 2 fully saturated rings. The van der Waals surface area contributed by atoms with Gasteiger partial charge in [0, 0.05) is 29.8 Å². The SMILES string of the molecule is CC1CC(NC2CC(C)(C)NC(C)(C)C2)CCO1. The van der Waals surface area contributed by atoms with E-state index in [2.05, 4.69) is 45.3 Å². The monoisotopic (exact) mass is 254 g/mol. The van der Waals surface area contributed by atoms with E-state index in [9.17, 15) is 0 Å².